The number of esters is 1. The standard InChI is InChI=1S/C11H16N2O3/c1-12-9(11(14)15-2)3-4-10(12)13-5-7-16-8-6-13/h3-4H,5-8H2,1-2H3. The second kappa shape index (κ2) is 4.57. The summed E-state index contributed by atoms with van der Waals surface area (Å²) >= 11 is 0. The average molecular weight is 224 g/mol. The Morgan fingerprint density at radius 2 is 2.06 bits per heavy atom. The Bertz CT molecular complexity index is 381. The van der Waals surface area contributed by atoms with Crippen molar-refractivity contribution in [2.45, 2.75) is 0 Å². The van der Waals surface area contributed by atoms with Gasteiger partial charge in [0.25, 0.3) is 0 Å². The molecule has 2 rings (SSSR count). The summed E-state index contributed by atoms with van der Waals surface area (Å²) in [7, 11) is 3.26. The highest BCUT2D eigenvalue weighted by atomic mass is 16.5. The molecule has 16 heavy (non-hydrogen) atoms. The molecular weight excluding hydrogens is 208 g/mol. The number of morpholine rings is 1. The van der Waals surface area contributed by atoms with Gasteiger partial charge in [-0.05, 0) is 12.1 Å². The number of nitrogens with zero attached hydrogens (tertiary/aromatic N) is 2. The SMILES string of the molecule is COC(=O)c1ccc(N2CCOCC2)n1C. The van der Waals surface area contributed by atoms with E-state index < -0.39 is 0 Å². The summed E-state index contributed by atoms with van der Waals surface area (Å²) in [6.45, 7) is 3.19. The molecule has 0 saturated carbocycles. The van der Waals surface area contributed by atoms with E-state index in [4.69, 9.17) is 9.47 Å². The quantitative estimate of drug-likeness (QED) is 0.692. The maximum atomic E-state index is 11.4. The number of anilines is 1. The molecule has 0 bridgehead atoms. The zero-order chi connectivity index (χ0) is 11.5. The molecule has 5 nitrogen and oxygen atoms in total. The van der Waals surface area contributed by atoms with Crippen LogP contribution in [0.1, 0.15) is 10.5 Å². The van der Waals surface area contributed by atoms with Crippen LogP contribution >= 0.6 is 0 Å². The van der Waals surface area contributed by atoms with Crippen LogP contribution in [0.5, 0.6) is 0 Å². The summed E-state index contributed by atoms with van der Waals surface area (Å²) < 4.78 is 11.9. The Hall–Kier alpha value is -1.49. The number of hydrogen-bond donors (Lipinski definition) is 0. The van der Waals surface area contributed by atoms with E-state index in [1.807, 2.05) is 17.7 Å². The van der Waals surface area contributed by atoms with E-state index in [1.54, 1.807) is 6.07 Å². The van der Waals surface area contributed by atoms with Crippen molar-refractivity contribution in [3.8, 4) is 0 Å². The van der Waals surface area contributed by atoms with Crippen molar-refractivity contribution in [2.24, 2.45) is 7.05 Å². The number of hydrogen-bond acceptors (Lipinski definition) is 4. The highest BCUT2D eigenvalue weighted by molar-refractivity contribution is 5.88. The molecule has 1 saturated heterocycles. The molecule has 0 unspecified atom stereocenters. The first-order valence-corrected chi connectivity index (χ1v) is 5.31. The van der Waals surface area contributed by atoms with Crippen LogP contribution < -0.4 is 4.90 Å². The van der Waals surface area contributed by atoms with Gasteiger partial charge in [-0.2, -0.15) is 0 Å². The Balaban J connectivity index is 2.21. The smallest absolute Gasteiger partial charge is 0.354 e. The molecule has 1 aromatic heterocycles. The molecule has 0 radical (unpaired) electrons. The van der Waals surface area contributed by atoms with Gasteiger partial charge in [0.05, 0.1) is 20.3 Å². The number of ether oxygens (including phenoxy) is 2. The van der Waals surface area contributed by atoms with Crippen molar-refractivity contribution >= 4 is 11.8 Å². The maximum absolute atomic E-state index is 11.4. The summed E-state index contributed by atoms with van der Waals surface area (Å²) in [5.41, 5.74) is 0.573. The first-order valence-electron chi connectivity index (χ1n) is 5.31. The molecule has 5 heteroatoms. The summed E-state index contributed by atoms with van der Waals surface area (Å²) in [5.74, 6) is 0.728. The molecule has 0 aromatic carbocycles. The molecule has 1 fully saturated rings. The summed E-state index contributed by atoms with van der Waals surface area (Å²) in [5, 5.41) is 0. The van der Waals surface area contributed by atoms with Crippen LogP contribution in [0.25, 0.3) is 0 Å². The predicted molar refractivity (Wildman–Crippen MR) is 59.8 cm³/mol. The van der Waals surface area contributed by atoms with E-state index in [0.717, 1.165) is 32.1 Å². The molecule has 1 aliphatic rings. The number of carbonyl (C=O) groups excluding carboxylic acids is 1. The van der Waals surface area contributed by atoms with Crippen LogP contribution in [-0.4, -0.2) is 43.9 Å². The summed E-state index contributed by atoms with van der Waals surface area (Å²) in [6, 6.07) is 3.73. The van der Waals surface area contributed by atoms with Gasteiger partial charge in [0.1, 0.15) is 11.5 Å². The number of aromatic nitrogens is 1. The fourth-order valence-electron chi connectivity index (χ4n) is 1.92. The van der Waals surface area contributed by atoms with Gasteiger partial charge in [-0.1, -0.05) is 0 Å². The largest absolute Gasteiger partial charge is 0.464 e. The van der Waals surface area contributed by atoms with Crippen molar-refractivity contribution in [1.29, 1.82) is 0 Å². The Morgan fingerprint density at radius 1 is 1.38 bits per heavy atom. The van der Waals surface area contributed by atoms with Crippen LogP contribution in [0.3, 0.4) is 0 Å². The average Bonchev–Trinajstić information content (AvgIpc) is 2.71. The van der Waals surface area contributed by atoms with Gasteiger partial charge < -0.3 is 18.9 Å². The molecule has 0 spiro atoms. The van der Waals surface area contributed by atoms with Crippen LogP contribution in [0.2, 0.25) is 0 Å². The monoisotopic (exact) mass is 224 g/mol. The molecular formula is C11H16N2O3. The third kappa shape index (κ3) is 1.90. The van der Waals surface area contributed by atoms with Gasteiger partial charge >= 0.3 is 5.97 Å². The van der Waals surface area contributed by atoms with E-state index in [1.165, 1.54) is 7.11 Å². The van der Waals surface area contributed by atoms with Crippen LogP contribution in [0, 0.1) is 0 Å². The summed E-state index contributed by atoms with van der Waals surface area (Å²) in [4.78, 5) is 13.6. The number of carbonyl (C=O) groups is 1. The first-order chi connectivity index (χ1) is 7.74. The second-order valence-corrected chi connectivity index (χ2v) is 3.73. The molecule has 0 N–H and O–H groups in total. The number of rotatable bonds is 2. The molecule has 2 heterocycles. The fourth-order valence-corrected chi connectivity index (χ4v) is 1.92. The minimum Gasteiger partial charge on any atom is -0.464 e. The van der Waals surface area contributed by atoms with Crippen LogP contribution in [0.4, 0.5) is 5.82 Å². The van der Waals surface area contributed by atoms with Crippen molar-refractivity contribution in [1.82, 2.24) is 4.57 Å². The van der Waals surface area contributed by atoms with E-state index >= 15 is 0 Å². The molecule has 1 aliphatic heterocycles. The number of methoxy groups -OCH3 is 1. The van der Waals surface area contributed by atoms with Gasteiger partial charge in [0.15, 0.2) is 0 Å². The molecule has 0 amide bonds. The van der Waals surface area contributed by atoms with Crippen molar-refractivity contribution in [3.05, 3.63) is 17.8 Å². The highest BCUT2D eigenvalue weighted by Crippen LogP contribution is 2.19. The van der Waals surface area contributed by atoms with Crippen LogP contribution in [0.15, 0.2) is 12.1 Å². The van der Waals surface area contributed by atoms with Crippen LogP contribution in [-0.2, 0) is 16.5 Å². The topological polar surface area (TPSA) is 43.7 Å². The van der Waals surface area contributed by atoms with Gasteiger partial charge in [0.2, 0.25) is 0 Å². The molecule has 88 valence electrons. The van der Waals surface area contributed by atoms with Gasteiger partial charge in [0, 0.05) is 20.1 Å². The van der Waals surface area contributed by atoms with Crippen molar-refractivity contribution in [3.63, 3.8) is 0 Å². The van der Waals surface area contributed by atoms with E-state index in [9.17, 15) is 4.79 Å². The summed E-state index contributed by atoms with van der Waals surface area (Å²) in [6.07, 6.45) is 0. The lowest BCUT2D eigenvalue weighted by molar-refractivity contribution is 0.0590. The Kier molecular flexibility index (Phi) is 3.14. The minimum absolute atomic E-state index is 0.304. The zero-order valence-corrected chi connectivity index (χ0v) is 9.60. The second-order valence-electron chi connectivity index (χ2n) is 3.73. The Labute approximate surface area is 94.5 Å². The van der Waals surface area contributed by atoms with Crippen molar-refractivity contribution in [2.75, 3.05) is 38.3 Å². The Morgan fingerprint density at radius 3 is 2.69 bits per heavy atom. The lowest BCUT2D eigenvalue weighted by Gasteiger charge is -2.29. The lowest BCUT2D eigenvalue weighted by Crippen LogP contribution is -2.37. The molecule has 1 aromatic rings. The maximum Gasteiger partial charge on any atom is 0.354 e. The van der Waals surface area contributed by atoms with Crippen molar-refractivity contribution < 1.29 is 14.3 Å². The predicted octanol–water partition coefficient (Wildman–Crippen LogP) is 0.648. The van der Waals surface area contributed by atoms with Gasteiger partial charge in [-0.3, -0.25) is 0 Å². The van der Waals surface area contributed by atoms with Gasteiger partial charge in [-0.25, -0.2) is 4.79 Å². The van der Waals surface area contributed by atoms with Gasteiger partial charge in [-0.15, -0.1) is 0 Å². The first kappa shape index (κ1) is 11.0. The third-order valence-electron chi connectivity index (χ3n) is 2.82. The minimum atomic E-state index is -0.304. The van der Waals surface area contributed by atoms with E-state index in [-0.39, 0.29) is 5.97 Å². The highest BCUT2D eigenvalue weighted by Gasteiger charge is 2.18. The fraction of sp³-hybridized carbons (Fsp3) is 0.545. The molecule has 0 aliphatic carbocycles. The van der Waals surface area contributed by atoms with E-state index in [0.29, 0.717) is 5.69 Å². The zero-order valence-electron chi connectivity index (χ0n) is 9.60. The third-order valence-corrected chi connectivity index (χ3v) is 2.82. The van der Waals surface area contributed by atoms with E-state index in [2.05, 4.69) is 4.90 Å². The normalized spacial score (nSPS) is 16.2. The molecule has 0 atom stereocenters. The lowest BCUT2D eigenvalue weighted by atomic mass is 10.4.